The first-order valence-electron chi connectivity index (χ1n) is 5.35. The summed E-state index contributed by atoms with van der Waals surface area (Å²) in [4.78, 5) is 10.5. The molecular formula is C11H13N3O4. The Kier molecular flexibility index (Phi) is 3.52. The largest absolute Gasteiger partial charge is 0.493 e. The number of urea groups is 1. The van der Waals surface area contributed by atoms with Crippen molar-refractivity contribution in [3.63, 3.8) is 0 Å². The lowest BCUT2D eigenvalue weighted by atomic mass is 10.2. The molecule has 0 aromatic heterocycles. The summed E-state index contributed by atoms with van der Waals surface area (Å²) < 4.78 is 15.9. The van der Waals surface area contributed by atoms with Crippen LogP contribution in [-0.4, -0.2) is 25.6 Å². The highest BCUT2D eigenvalue weighted by atomic mass is 16.7. The van der Waals surface area contributed by atoms with Crippen molar-refractivity contribution >= 4 is 12.2 Å². The van der Waals surface area contributed by atoms with E-state index < -0.39 is 6.03 Å². The van der Waals surface area contributed by atoms with Gasteiger partial charge in [-0.15, -0.1) is 0 Å². The minimum absolute atomic E-state index is 0.182. The summed E-state index contributed by atoms with van der Waals surface area (Å²) in [5, 5.41) is 3.68. The van der Waals surface area contributed by atoms with Crippen LogP contribution >= 0.6 is 0 Å². The SMILES string of the molecule is CCOc1cc2c(cc1/C=N/NC(N)=O)OCO2. The summed E-state index contributed by atoms with van der Waals surface area (Å²) in [5.74, 6) is 1.83. The molecule has 0 atom stereocenters. The molecule has 18 heavy (non-hydrogen) atoms. The van der Waals surface area contributed by atoms with E-state index in [9.17, 15) is 4.79 Å². The van der Waals surface area contributed by atoms with E-state index in [1.807, 2.05) is 6.92 Å². The Morgan fingerprint density at radius 1 is 1.56 bits per heavy atom. The van der Waals surface area contributed by atoms with Gasteiger partial charge in [0.25, 0.3) is 0 Å². The first-order chi connectivity index (χ1) is 8.70. The Hall–Kier alpha value is -2.44. The second-order valence-electron chi connectivity index (χ2n) is 3.41. The van der Waals surface area contributed by atoms with Crippen LogP contribution in [0.2, 0.25) is 0 Å². The fourth-order valence-electron chi connectivity index (χ4n) is 1.49. The molecule has 3 N–H and O–H groups in total. The molecular weight excluding hydrogens is 238 g/mol. The number of hydrazone groups is 1. The molecule has 0 fully saturated rings. The zero-order valence-electron chi connectivity index (χ0n) is 9.80. The number of ether oxygens (including phenoxy) is 3. The fourth-order valence-corrected chi connectivity index (χ4v) is 1.49. The lowest BCUT2D eigenvalue weighted by Crippen LogP contribution is -2.24. The maximum atomic E-state index is 10.5. The highest BCUT2D eigenvalue weighted by Crippen LogP contribution is 2.37. The van der Waals surface area contributed by atoms with Crippen molar-refractivity contribution in [1.82, 2.24) is 5.43 Å². The molecule has 0 unspecified atom stereocenters. The van der Waals surface area contributed by atoms with E-state index in [-0.39, 0.29) is 6.79 Å². The zero-order valence-corrected chi connectivity index (χ0v) is 9.80. The van der Waals surface area contributed by atoms with Crippen LogP contribution in [0.3, 0.4) is 0 Å². The Bertz CT molecular complexity index is 487. The molecule has 7 nitrogen and oxygen atoms in total. The molecule has 0 bridgehead atoms. The van der Waals surface area contributed by atoms with E-state index in [2.05, 4.69) is 10.5 Å². The average molecular weight is 251 g/mol. The molecule has 7 heteroatoms. The maximum Gasteiger partial charge on any atom is 0.332 e. The highest BCUT2D eigenvalue weighted by molar-refractivity contribution is 5.86. The van der Waals surface area contributed by atoms with Gasteiger partial charge in [-0.2, -0.15) is 5.10 Å². The normalized spacial score (nSPS) is 12.7. The molecule has 1 heterocycles. The molecule has 96 valence electrons. The lowest BCUT2D eigenvalue weighted by molar-refractivity contribution is 0.174. The third-order valence-corrected chi connectivity index (χ3v) is 2.18. The number of fused-ring (bicyclic) bond motifs is 1. The zero-order chi connectivity index (χ0) is 13.0. The highest BCUT2D eigenvalue weighted by Gasteiger charge is 2.17. The third kappa shape index (κ3) is 2.62. The van der Waals surface area contributed by atoms with Crippen LogP contribution in [0.15, 0.2) is 17.2 Å². The van der Waals surface area contributed by atoms with Gasteiger partial charge >= 0.3 is 6.03 Å². The van der Waals surface area contributed by atoms with Gasteiger partial charge in [-0.3, -0.25) is 0 Å². The standard InChI is InChI=1S/C11H13N3O4/c1-2-16-8-4-10-9(17-6-18-10)3-7(8)5-13-14-11(12)15/h3-5H,2,6H2,1H3,(H3,12,14,15)/b13-5+. The van der Waals surface area contributed by atoms with E-state index in [0.717, 1.165) is 0 Å². The Balaban J connectivity index is 2.26. The summed E-state index contributed by atoms with van der Waals surface area (Å²) in [6.45, 7) is 2.55. The third-order valence-electron chi connectivity index (χ3n) is 2.18. The van der Waals surface area contributed by atoms with Gasteiger partial charge in [0.05, 0.1) is 12.8 Å². The number of carbonyl (C=O) groups excluding carboxylic acids is 1. The monoisotopic (exact) mass is 251 g/mol. The van der Waals surface area contributed by atoms with Crippen molar-refractivity contribution in [2.24, 2.45) is 10.8 Å². The molecule has 2 amide bonds. The summed E-state index contributed by atoms with van der Waals surface area (Å²) >= 11 is 0. The molecule has 2 rings (SSSR count). The van der Waals surface area contributed by atoms with Crippen LogP contribution in [0.25, 0.3) is 0 Å². The predicted molar refractivity (Wildman–Crippen MR) is 64.0 cm³/mol. The number of nitrogens with one attached hydrogen (secondary N) is 1. The number of hydrogen-bond acceptors (Lipinski definition) is 5. The van der Waals surface area contributed by atoms with Crippen molar-refractivity contribution in [1.29, 1.82) is 0 Å². The van der Waals surface area contributed by atoms with E-state index >= 15 is 0 Å². The van der Waals surface area contributed by atoms with Gasteiger partial charge < -0.3 is 19.9 Å². The van der Waals surface area contributed by atoms with Crippen LogP contribution in [0.5, 0.6) is 17.2 Å². The molecule has 1 aromatic rings. The van der Waals surface area contributed by atoms with E-state index in [1.54, 1.807) is 12.1 Å². The predicted octanol–water partition coefficient (Wildman–Crippen LogP) is 0.816. The van der Waals surface area contributed by atoms with Crippen LogP contribution in [-0.2, 0) is 0 Å². The van der Waals surface area contributed by atoms with Gasteiger partial charge in [-0.25, -0.2) is 10.2 Å². The number of nitrogens with zero attached hydrogens (tertiary/aromatic N) is 1. The fraction of sp³-hybridized carbons (Fsp3) is 0.273. The minimum atomic E-state index is -0.732. The summed E-state index contributed by atoms with van der Waals surface area (Å²) in [5.41, 5.74) is 7.68. The van der Waals surface area contributed by atoms with Crippen LogP contribution in [0.4, 0.5) is 4.79 Å². The van der Waals surface area contributed by atoms with E-state index in [4.69, 9.17) is 19.9 Å². The number of carbonyl (C=O) groups is 1. The van der Waals surface area contributed by atoms with Gasteiger partial charge in [0.15, 0.2) is 11.5 Å². The van der Waals surface area contributed by atoms with Crippen molar-refractivity contribution in [3.8, 4) is 17.2 Å². The first kappa shape index (κ1) is 12.0. The lowest BCUT2D eigenvalue weighted by Gasteiger charge is -2.08. The smallest absolute Gasteiger partial charge is 0.332 e. The van der Waals surface area contributed by atoms with Gasteiger partial charge in [0.2, 0.25) is 6.79 Å². The molecule has 0 saturated carbocycles. The molecule has 0 spiro atoms. The van der Waals surface area contributed by atoms with Gasteiger partial charge in [0, 0.05) is 11.6 Å². The molecule has 1 aliphatic rings. The van der Waals surface area contributed by atoms with Crippen molar-refractivity contribution in [2.45, 2.75) is 6.92 Å². The second-order valence-corrected chi connectivity index (χ2v) is 3.41. The van der Waals surface area contributed by atoms with Crippen molar-refractivity contribution in [2.75, 3.05) is 13.4 Å². The van der Waals surface area contributed by atoms with Gasteiger partial charge in [-0.05, 0) is 13.0 Å². The van der Waals surface area contributed by atoms with E-state index in [0.29, 0.717) is 29.4 Å². The number of primary amides is 1. The molecule has 1 aromatic carbocycles. The molecule has 1 aliphatic heterocycles. The Morgan fingerprint density at radius 2 is 2.28 bits per heavy atom. The summed E-state index contributed by atoms with van der Waals surface area (Å²) in [6.07, 6.45) is 1.43. The summed E-state index contributed by atoms with van der Waals surface area (Å²) in [7, 11) is 0. The number of benzene rings is 1. The van der Waals surface area contributed by atoms with Crippen LogP contribution < -0.4 is 25.4 Å². The van der Waals surface area contributed by atoms with Crippen molar-refractivity contribution < 1.29 is 19.0 Å². The first-order valence-corrected chi connectivity index (χ1v) is 5.35. The molecule has 0 aliphatic carbocycles. The Morgan fingerprint density at radius 3 is 2.94 bits per heavy atom. The minimum Gasteiger partial charge on any atom is -0.493 e. The second kappa shape index (κ2) is 5.26. The summed E-state index contributed by atoms with van der Waals surface area (Å²) in [6, 6.07) is 2.71. The molecule has 0 radical (unpaired) electrons. The number of hydrogen-bond donors (Lipinski definition) is 2. The van der Waals surface area contributed by atoms with E-state index in [1.165, 1.54) is 6.21 Å². The Labute approximate surface area is 104 Å². The van der Waals surface area contributed by atoms with Crippen LogP contribution in [0.1, 0.15) is 12.5 Å². The number of amides is 2. The quantitative estimate of drug-likeness (QED) is 0.611. The topological polar surface area (TPSA) is 95.2 Å². The maximum absolute atomic E-state index is 10.5. The number of nitrogens with two attached hydrogens (primary N) is 1. The average Bonchev–Trinajstić information content (AvgIpc) is 2.76. The van der Waals surface area contributed by atoms with Gasteiger partial charge in [-0.1, -0.05) is 0 Å². The van der Waals surface area contributed by atoms with Gasteiger partial charge in [0.1, 0.15) is 5.75 Å². The number of rotatable bonds is 4. The van der Waals surface area contributed by atoms with Crippen LogP contribution in [0, 0.1) is 0 Å². The van der Waals surface area contributed by atoms with Crippen molar-refractivity contribution in [3.05, 3.63) is 17.7 Å². The molecule has 0 saturated heterocycles.